The van der Waals surface area contributed by atoms with E-state index in [1.807, 2.05) is 12.1 Å². The Bertz CT molecular complexity index is 693. The number of halogens is 1. The van der Waals surface area contributed by atoms with Gasteiger partial charge in [0.2, 0.25) is 10.0 Å². The second-order valence-corrected chi connectivity index (χ2v) is 6.37. The molecule has 1 aromatic heterocycles. The van der Waals surface area contributed by atoms with E-state index in [-0.39, 0.29) is 23.0 Å². The quantitative estimate of drug-likeness (QED) is 0.875. The van der Waals surface area contributed by atoms with Gasteiger partial charge in [-0.3, -0.25) is 0 Å². The third kappa shape index (κ3) is 3.30. The molecule has 2 aromatic rings. The van der Waals surface area contributed by atoms with E-state index < -0.39 is 10.0 Å². The molecule has 0 spiro atoms. The van der Waals surface area contributed by atoms with Crippen LogP contribution >= 0.6 is 11.6 Å². The first-order valence-corrected chi connectivity index (χ1v) is 7.72. The number of nitrogen functional groups attached to an aromatic ring is 1. The predicted molar refractivity (Wildman–Crippen MR) is 76.0 cm³/mol. The van der Waals surface area contributed by atoms with Crippen molar-refractivity contribution in [3.63, 3.8) is 0 Å². The standard InChI is InChI=1S/C12H14ClN3O3S/c1-8-11(12(14)16-19-8)20(17,18)15-6-5-9-3-2-4-10(13)7-9/h2-4,7,15H,5-6H2,1H3,(H2,14,16). The summed E-state index contributed by atoms with van der Waals surface area (Å²) in [5, 5.41) is 4.04. The number of nitrogens with zero attached hydrogens (tertiary/aromatic N) is 1. The summed E-state index contributed by atoms with van der Waals surface area (Å²) in [6.45, 7) is 1.72. The highest BCUT2D eigenvalue weighted by atomic mass is 35.5. The van der Waals surface area contributed by atoms with Crippen molar-refractivity contribution >= 4 is 27.4 Å². The van der Waals surface area contributed by atoms with Crippen molar-refractivity contribution in [3.8, 4) is 0 Å². The molecule has 0 atom stereocenters. The molecule has 0 fully saturated rings. The van der Waals surface area contributed by atoms with Crippen molar-refractivity contribution in [2.45, 2.75) is 18.2 Å². The van der Waals surface area contributed by atoms with Crippen LogP contribution in [0, 0.1) is 6.92 Å². The molecule has 0 saturated carbocycles. The second kappa shape index (κ2) is 5.82. The molecule has 8 heteroatoms. The zero-order valence-corrected chi connectivity index (χ0v) is 12.3. The molecule has 0 aliphatic heterocycles. The summed E-state index contributed by atoms with van der Waals surface area (Å²) >= 11 is 5.86. The Morgan fingerprint density at radius 1 is 1.45 bits per heavy atom. The lowest BCUT2D eigenvalue weighted by Gasteiger charge is -2.06. The van der Waals surface area contributed by atoms with Crippen molar-refractivity contribution in [3.05, 3.63) is 40.6 Å². The normalized spacial score (nSPS) is 11.7. The van der Waals surface area contributed by atoms with Gasteiger partial charge in [0.05, 0.1) is 0 Å². The zero-order valence-electron chi connectivity index (χ0n) is 10.8. The summed E-state index contributed by atoms with van der Waals surface area (Å²) in [4.78, 5) is -0.108. The first-order chi connectivity index (χ1) is 9.40. The fourth-order valence-electron chi connectivity index (χ4n) is 1.80. The highest BCUT2D eigenvalue weighted by Crippen LogP contribution is 2.21. The van der Waals surface area contributed by atoms with Crippen molar-refractivity contribution < 1.29 is 12.9 Å². The largest absolute Gasteiger partial charge is 0.380 e. The molecule has 0 aliphatic carbocycles. The van der Waals surface area contributed by atoms with Gasteiger partial charge >= 0.3 is 0 Å². The third-order valence-corrected chi connectivity index (χ3v) is 4.55. The van der Waals surface area contributed by atoms with E-state index in [4.69, 9.17) is 21.9 Å². The van der Waals surface area contributed by atoms with Crippen molar-refractivity contribution in [1.82, 2.24) is 9.88 Å². The lowest BCUT2D eigenvalue weighted by Crippen LogP contribution is -2.26. The number of sulfonamides is 1. The van der Waals surface area contributed by atoms with E-state index in [1.54, 1.807) is 12.1 Å². The third-order valence-electron chi connectivity index (χ3n) is 2.70. The van der Waals surface area contributed by atoms with Crippen LogP contribution in [0.25, 0.3) is 0 Å². The number of aryl methyl sites for hydroxylation is 1. The highest BCUT2D eigenvalue weighted by molar-refractivity contribution is 7.89. The molecule has 3 N–H and O–H groups in total. The van der Waals surface area contributed by atoms with Crippen molar-refractivity contribution in [2.24, 2.45) is 0 Å². The lowest BCUT2D eigenvalue weighted by atomic mass is 10.2. The van der Waals surface area contributed by atoms with Gasteiger partial charge in [0.15, 0.2) is 16.5 Å². The summed E-state index contributed by atoms with van der Waals surface area (Å²) in [7, 11) is -3.72. The Morgan fingerprint density at radius 3 is 2.80 bits per heavy atom. The maximum atomic E-state index is 12.1. The van der Waals surface area contributed by atoms with Crippen LogP contribution in [0.5, 0.6) is 0 Å². The first kappa shape index (κ1) is 14.8. The van der Waals surface area contributed by atoms with Crippen LogP contribution in [0.1, 0.15) is 11.3 Å². The summed E-state index contributed by atoms with van der Waals surface area (Å²) in [5.74, 6) is 0.0236. The number of anilines is 1. The molecule has 0 aliphatic rings. The monoisotopic (exact) mass is 315 g/mol. The van der Waals surface area contributed by atoms with Crippen molar-refractivity contribution in [2.75, 3.05) is 12.3 Å². The minimum atomic E-state index is -3.72. The molecule has 6 nitrogen and oxygen atoms in total. The number of nitrogens with two attached hydrogens (primary N) is 1. The molecule has 108 valence electrons. The van der Waals surface area contributed by atoms with Gasteiger partial charge in [0.1, 0.15) is 0 Å². The molecular formula is C12H14ClN3O3S. The summed E-state index contributed by atoms with van der Waals surface area (Å²) in [6, 6.07) is 7.23. The molecule has 0 saturated heterocycles. The molecule has 0 amide bonds. The maximum absolute atomic E-state index is 12.1. The summed E-state index contributed by atoms with van der Waals surface area (Å²) in [6.07, 6.45) is 0.518. The predicted octanol–water partition coefficient (Wildman–Crippen LogP) is 1.74. The minimum Gasteiger partial charge on any atom is -0.380 e. The highest BCUT2D eigenvalue weighted by Gasteiger charge is 2.24. The second-order valence-electron chi connectivity index (χ2n) is 4.23. The van der Waals surface area contributed by atoms with E-state index >= 15 is 0 Å². The minimum absolute atomic E-state index is 0.108. The molecule has 1 heterocycles. The molecule has 0 unspecified atom stereocenters. The average molecular weight is 316 g/mol. The lowest BCUT2D eigenvalue weighted by molar-refractivity contribution is 0.396. The van der Waals surface area contributed by atoms with Gasteiger partial charge in [-0.15, -0.1) is 0 Å². The molecule has 0 bridgehead atoms. The zero-order chi connectivity index (χ0) is 14.8. The van der Waals surface area contributed by atoms with Gasteiger partial charge in [-0.25, -0.2) is 13.1 Å². The number of nitrogens with one attached hydrogen (secondary N) is 1. The van der Waals surface area contributed by atoms with Gasteiger partial charge in [-0.2, -0.15) is 0 Å². The molecule has 0 radical (unpaired) electrons. The smallest absolute Gasteiger partial charge is 0.247 e. The number of aromatic nitrogens is 1. The van der Waals surface area contributed by atoms with Gasteiger partial charge in [-0.05, 0) is 31.0 Å². The number of hydrogen-bond acceptors (Lipinski definition) is 5. The van der Waals surface area contributed by atoms with Crippen LogP contribution in [-0.4, -0.2) is 20.1 Å². The van der Waals surface area contributed by atoms with Gasteiger partial charge in [0, 0.05) is 11.6 Å². The Hall–Kier alpha value is -1.57. The topological polar surface area (TPSA) is 98.2 Å². The van der Waals surface area contributed by atoms with E-state index in [1.165, 1.54) is 6.92 Å². The number of rotatable bonds is 5. The van der Waals surface area contributed by atoms with E-state index in [0.717, 1.165) is 5.56 Å². The van der Waals surface area contributed by atoms with Crippen LogP contribution in [0.3, 0.4) is 0 Å². The van der Waals surface area contributed by atoms with Crippen LogP contribution < -0.4 is 10.5 Å². The van der Waals surface area contributed by atoms with Gasteiger partial charge in [0.25, 0.3) is 0 Å². The molecule has 2 rings (SSSR count). The Labute approximate surface area is 122 Å². The molecular weight excluding hydrogens is 302 g/mol. The van der Waals surface area contributed by atoms with Crippen LogP contribution in [0.15, 0.2) is 33.7 Å². The van der Waals surface area contributed by atoms with Gasteiger partial charge in [-0.1, -0.05) is 28.9 Å². The summed E-state index contributed by atoms with van der Waals surface area (Å²) < 4.78 is 31.4. The SMILES string of the molecule is Cc1onc(N)c1S(=O)(=O)NCCc1cccc(Cl)c1. The van der Waals surface area contributed by atoms with Crippen LogP contribution in [0.4, 0.5) is 5.82 Å². The average Bonchev–Trinajstić information content (AvgIpc) is 2.69. The maximum Gasteiger partial charge on any atom is 0.247 e. The fourth-order valence-corrected chi connectivity index (χ4v) is 3.26. The Morgan fingerprint density at radius 2 is 2.20 bits per heavy atom. The Balaban J connectivity index is 2.04. The molecule has 20 heavy (non-hydrogen) atoms. The summed E-state index contributed by atoms with van der Waals surface area (Å²) in [5.41, 5.74) is 6.43. The van der Waals surface area contributed by atoms with E-state index in [0.29, 0.717) is 11.4 Å². The number of benzene rings is 1. The van der Waals surface area contributed by atoms with E-state index in [2.05, 4.69) is 9.88 Å². The first-order valence-electron chi connectivity index (χ1n) is 5.86. The van der Waals surface area contributed by atoms with Gasteiger partial charge < -0.3 is 10.3 Å². The van der Waals surface area contributed by atoms with Crippen molar-refractivity contribution in [1.29, 1.82) is 0 Å². The fraction of sp³-hybridized carbons (Fsp3) is 0.250. The Kier molecular flexibility index (Phi) is 4.32. The van der Waals surface area contributed by atoms with E-state index in [9.17, 15) is 8.42 Å². The molecule has 1 aromatic carbocycles. The van der Waals surface area contributed by atoms with Crippen LogP contribution in [-0.2, 0) is 16.4 Å². The van der Waals surface area contributed by atoms with Crippen LogP contribution in [0.2, 0.25) is 5.02 Å². The number of hydrogen-bond donors (Lipinski definition) is 2.